The van der Waals surface area contributed by atoms with Gasteiger partial charge in [-0.3, -0.25) is 9.69 Å². The Bertz CT molecular complexity index is 793. The maximum absolute atomic E-state index is 12.6. The second-order valence-corrected chi connectivity index (χ2v) is 6.79. The summed E-state index contributed by atoms with van der Waals surface area (Å²) in [5, 5.41) is 10.8. The van der Waals surface area contributed by atoms with Crippen LogP contribution in [0.15, 0.2) is 48.5 Å². The fraction of sp³-hybridized carbons (Fsp3) is 0.263. The summed E-state index contributed by atoms with van der Waals surface area (Å²) in [7, 11) is 0. The summed E-state index contributed by atoms with van der Waals surface area (Å²) in [4.78, 5) is 16.4. The van der Waals surface area contributed by atoms with Crippen LogP contribution in [0.2, 0.25) is 10.0 Å². The highest BCUT2D eigenvalue weighted by molar-refractivity contribution is 6.30. The topological polar surface area (TPSA) is 47.3 Å². The molecule has 0 bridgehead atoms. The Morgan fingerprint density at radius 3 is 2.28 bits per heavy atom. The summed E-state index contributed by atoms with van der Waals surface area (Å²) >= 11 is 11.9. The molecule has 0 radical (unpaired) electrons. The summed E-state index contributed by atoms with van der Waals surface area (Å²) in [6, 6.07) is 16.3. The third kappa shape index (κ3) is 4.13. The molecule has 128 valence electrons. The van der Waals surface area contributed by atoms with Crippen molar-refractivity contribution in [2.24, 2.45) is 0 Å². The van der Waals surface area contributed by atoms with Crippen LogP contribution in [-0.4, -0.2) is 41.9 Å². The lowest BCUT2D eigenvalue weighted by atomic mass is 10.1. The number of hydrogen-bond acceptors (Lipinski definition) is 3. The van der Waals surface area contributed by atoms with Gasteiger partial charge in [0.05, 0.1) is 6.07 Å². The number of halogens is 2. The standard InChI is InChI=1S/C19H17Cl2N3O/c20-16-6-4-14(5-7-16)19(25)24-10-8-23(9-11-24)18(13-22)15-2-1-3-17(21)12-15/h1-7,12,18H,8-11H2. The molecule has 1 aliphatic heterocycles. The Labute approximate surface area is 157 Å². The number of nitrogens with zero attached hydrogens (tertiary/aromatic N) is 3. The van der Waals surface area contributed by atoms with Gasteiger partial charge in [0.2, 0.25) is 0 Å². The van der Waals surface area contributed by atoms with Crippen LogP contribution in [0.25, 0.3) is 0 Å². The van der Waals surface area contributed by atoms with E-state index in [1.165, 1.54) is 0 Å². The maximum Gasteiger partial charge on any atom is 0.253 e. The predicted molar refractivity (Wildman–Crippen MR) is 98.7 cm³/mol. The first-order chi connectivity index (χ1) is 12.1. The van der Waals surface area contributed by atoms with Crippen molar-refractivity contribution in [1.82, 2.24) is 9.80 Å². The van der Waals surface area contributed by atoms with Gasteiger partial charge < -0.3 is 4.90 Å². The lowest BCUT2D eigenvalue weighted by molar-refractivity contribution is 0.0606. The van der Waals surface area contributed by atoms with E-state index in [2.05, 4.69) is 11.0 Å². The largest absolute Gasteiger partial charge is 0.336 e. The van der Waals surface area contributed by atoms with E-state index in [1.54, 1.807) is 30.3 Å². The third-order valence-corrected chi connectivity index (χ3v) is 4.83. The van der Waals surface area contributed by atoms with Gasteiger partial charge in [0.15, 0.2) is 0 Å². The van der Waals surface area contributed by atoms with Gasteiger partial charge >= 0.3 is 0 Å². The summed E-state index contributed by atoms with van der Waals surface area (Å²) in [5.74, 6) is -0.00687. The van der Waals surface area contributed by atoms with Crippen molar-refractivity contribution in [3.8, 4) is 6.07 Å². The zero-order valence-electron chi connectivity index (χ0n) is 13.5. The van der Waals surface area contributed by atoms with Crippen LogP contribution in [0, 0.1) is 11.3 Å². The Balaban J connectivity index is 1.65. The smallest absolute Gasteiger partial charge is 0.253 e. The maximum atomic E-state index is 12.6. The summed E-state index contributed by atoms with van der Waals surface area (Å²) in [6.45, 7) is 2.45. The predicted octanol–water partition coefficient (Wildman–Crippen LogP) is 4.02. The van der Waals surface area contributed by atoms with E-state index in [9.17, 15) is 10.1 Å². The Kier molecular flexibility index (Phi) is 5.60. The van der Waals surface area contributed by atoms with Gasteiger partial charge in [0, 0.05) is 41.8 Å². The minimum atomic E-state index is -0.355. The van der Waals surface area contributed by atoms with Crippen molar-refractivity contribution in [2.45, 2.75) is 6.04 Å². The number of carbonyl (C=O) groups excluding carboxylic acids is 1. The highest BCUT2D eigenvalue weighted by atomic mass is 35.5. The van der Waals surface area contributed by atoms with Gasteiger partial charge in [0.25, 0.3) is 5.91 Å². The zero-order valence-corrected chi connectivity index (χ0v) is 15.0. The molecule has 0 saturated carbocycles. The van der Waals surface area contributed by atoms with Crippen LogP contribution in [0.1, 0.15) is 22.0 Å². The van der Waals surface area contributed by atoms with E-state index in [4.69, 9.17) is 23.2 Å². The number of hydrogen-bond donors (Lipinski definition) is 0. The van der Waals surface area contributed by atoms with E-state index in [-0.39, 0.29) is 11.9 Å². The van der Waals surface area contributed by atoms with E-state index in [1.807, 2.05) is 23.1 Å². The monoisotopic (exact) mass is 373 g/mol. The van der Waals surface area contributed by atoms with Gasteiger partial charge in [-0.1, -0.05) is 35.3 Å². The minimum absolute atomic E-state index is 0.00687. The van der Waals surface area contributed by atoms with E-state index >= 15 is 0 Å². The highest BCUT2D eigenvalue weighted by Crippen LogP contribution is 2.24. The fourth-order valence-corrected chi connectivity index (χ4v) is 3.33. The molecule has 2 aromatic rings. The normalized spacial score (nSPS) is 16.3. The lowest BCUT2D eigenvalue weighted by Crippen LogP contribution is -2.49. The van der Waals surface area contributed by atoms with Crippen LogP contribution in [0.4, 0.5) is 0 Å². The second kappa shape index (κ2) is 7.88. The van der Waals surface area contributed by atoms with Gasteiger partial charge in [-0.05, 0) is 42.0 Å². The minimum Gasteiger partial charge on any atom is -0.336 e. The molecule has 3 rings (SSSR count). The molecule has 25 heavy (non-hydrogen) atoms. The van der Waals surface area contributed by atoms with Crippen molar-refractivity contribution in [3.63, 3.8) is 0 Å². The van der Waals surface area contributed by atoms with E-state index in [0.717, 1.165) is 5.56 Å². The molecule has 1 amide bonds. The van der Waals surface area contributed by atoms with E-state index in [0.29, 0.717) is 41.8 Å². The van der Waals surface area contributed by atoms with Crippen LogP contribution >= 0.6 is 23.2 Å². The van der Waals surface area contributed by atoms with E-state index < -0.39 is 0 Å². The quantitative estimate of drug-likeness (QED) is 0.816. The molecule has 1 unspecified atom stereocenters. The van der Waals surface area contributed by atoms with Crippen LogP contribution in [0.3, 0.4) is 0 Å². The first-order valence-electron chi connectivity index (χ1n) is 8.02. The summed E-state index contributed by atoms with van der Waals surface area (Å²) < 4.78 is 0. The van der Waals surface area contributed by atoms with Crippen molar-refractivity contribution >= 4 is 29.1 Å². The SMILES string of the molecule is N#CC(c1cccc(Cl)c1)N1CCN(C(=O)c2ccc(Cl)cc2)CC1. The molecule has 0 spiro atoms. The first-order valence-corrected chi connectivity index (χ1v) is 8.78. The second-order valence-electron chi connectivity index (χ2n) is 5.92. The molecule has 0 aliphatic carbocycles. The molecular formula is C19H17Cl2N3O. The molecule has 1 fully saturated rings. The van der Waals surface area contributed by atoms with Gasteiger partial charge in [-0.25, -0.2) is 0 Å². The zero-order chi connectivity index (χ0) is 17.8. The molecule has 0 aromatic heterocycles. The molecule has 1 aliphatic rings. The number of nitriles is 1. The van der Waals surface area contributed by atoms with Gasteiger partial charge in [-0.2, -0.15) is 5.26 Å². The van der Waals surface area contributed by atoms with Crippen molar-refractivity contribution in [3.05, 3.63) is 69.7 Å². The van der Waals surface area contributed by atoms with Gasteiger partial charge in [-0.15, -0.1) is 0 Å². The summed E-state index contributed by atoms with van der Waals surface area (Å²) in [6.07, 6.45) is 0. The molecule has 1 heterocycles. The molecule has 4 nitrogen and oxygen atoms in total. The number of amides is 1. The van der Waals surface area contributed by atoms with Crippen LogP contribution < -0.4 is 0 Å². The molecule has 1 atom stereocenters. The van der Waals surface area contributed by atoms with Gasteiger partial charge in [0.1, 0.15) is 6.04 Å². The average molecular weight is 374 g/mol. The summed E-state index contributed by atoms with van der Waals surface area (Å²) in [5.41, 5.74) is 1.51. The number of piperazine rings is 1. The highest BCUT2D eigenvalue weighted by Gasteiger charge is 2.27. The van der Waals surface area contributed by atoms with Crippen molar-refractivity contribution in [2.75, 3.05) is 26.2 Å². The molecule has 2 aromatic carbocycles. The van der Waals surface area contributed by atoms with Crippen LogP contribution in [0.5, 0.6) is 0 Å². The lowest BCUT2D eigenvalue weighted by Gasteiger charge is -2.37. The average Bonchev–Trinajstić information content (AvgIpc) is 2.63. The van der Waals surface area contributed by atoms with Crippen molar-refractivity contribution in [1.29, 1.82) is 5.26 Å². The fourth-order valence-electron chi connectivity index (χ4n) is 3.00. The Morgan fingerprint density at radius 1 is 1.00 bits per heavy atom. The van der Waals surface area contributed by atoms with Crippen LogP contribution in [-0.2, 0) is 0 Å². The number of rotatable bonds is 3. The first kappa shape index (κ1) is 17.8. The molecular weight excluding hydrogens is 357 g/mol. The number of benzene rings is 2. The molecule has 1 saturated heterocycles. The Morgan fingerprint density at radius 2 is 1.68 bits per heavy atom. The van der Waals surface area contributed by atoms with Crippen molar-refractivity contribution < 1.29 is 4.79 Å². The molecule has 6 heteroatoms. The number of carbonyl (C=O) groups is 1. The third-order valence-electron chi connectivity index (χ3n) is 4.34. The Hall–Kier alpha value is -2.06. The molecule has 0 N–H and O–H groups in total.